The molecular weight excluding hydrogens is 348 g/mol. The van der Waals surface area contributed by atoms with E-state index >= 15 is 0 Å². The van der Waals surface area contributed by atoms with Gasteiger partial charge in [0.05, 0.1) is 10.4 Å². The number of hydrogen-bond acceptors (Lipinski definition) is 4. The molecule has 6 nitrogen and oxygen atoms in total. The Bertz CT molecular complexity index is 466. The van der Waals surface area contributed by atoms with Crippen molar-refractivity contribution in [2.75, 3.05) is 33.9 Å². The monoisotopic (exact) mass is 364 g/mol. The summed E-state index contributed by atoms with van der Waals surface area (Å²) in [6.45, 7) is 0.653. The van der Waals surface area contributed by atoms with Crippen molar-refractivity contribution < 1.29 is 19.4 Å². The molecule has 0 fully saturated rings. The zero-order chi connectivity index (χ0) is 15.1. The second-order valence-corrected chi connectivity index (χ2v) is 6.50. The van der Waals surface area contributed by atoms with Crippen molar-refractivity contribution in [3.8, 4) is 0 Å². The van der Waals surface area contributed by atoms with Gasteiger partial charge in [-0.1, -0.05) is 0 Å². The van der Waals surface area contributed by atoms with Crippen LogP contribution in [0.15, 0.2) is 15.2 Å². The third-order valence-corrected chi connectivity index (χ3v) is 4.08. The molecule has 1 aromatic heterocycles. The van der Waals surface area contributed by atoms with E-state index in [1.54, 1.807) is 18.4 Å². The largest absolute Gasteiger partial charge is 0.480 e. The van der Waals surface area contributed by atoms with Crippen LogP contribution in [0.5, 0.6) is 0 Å². The number of nitrogens with zero attached hydrogens (tertiary/aromatic N) is 2. The summed E-state index contributed by atoms with van der Waals surface area (Å²) in [7, 11) is 3.16. The number of halogens is 1. The van der Waals surface area contributed by atoms with Crippen LogP contribution in [-0.2, 0) is 16.1 Å². The average molecular weight is 365 g/mol. The zero-order valence-electron chi connectivity index (χ0n) is 11.3. The first-order valence-electron chi connectivity index (χ1n) is 5.87. The van der Waals surface area contributed by atoms with E-state index in [1.807, 2.05) is 11.4 Å². The Labute approximate surface area is 130 Å². The molecule has 8 heteroatoms. The molecule has 112 valence electrons. The van der Waals surface area contributed by atoms with Gasteiger partial charge in [-0.15, -0.1) is 11.3 Å². The van der Waals surface area contributed by atoms with Gasteiger partial charge in [0.2, 0.25) is 0 Å². The van der Waals surface area contributed by atoms with E-state index in [0.29, 0.717) is 13.2 Å². The molecule has 0 atom stereocenters. The Morgan fingerprint density at radius 3 is 2.70 bits per heavy atom. The Hall–Kier alpha value is -1.12. The molecule has 0 spiro atoms. The zero-order valence-corrected chi connectivity index (χ0v) is 13.7. The molecule has 1 aromatic rings. The van der Waals surface area contributed by atoms with E-state index in [1.165, 1.54) is 16.9 Å². The minimum absolute atomic E-state index is 0.249. The fourth-order valence-electron chi connectivity index (χ4n) is 1.62. The van der Waals surface area contributed by atoms with Crippen molar-refractivity contribution in [1.29, 1.82) is 0 Å². The van der Waals surface area contributed by atoms with Crippen molar-refractivity contribution in [1.82, 2.24) is 9.80 Å². The predicted octanol–water partition coefficient (Wildman–Crippen LogP) is 2.10. The number of carboxylic acid groups (broad SMARTS) is 1. The van der Waals surface area contributed by atoms with Crippen LogP contribution in [0, 0.1) is 0 Å². The SMILES string of the molecule is COCCN(CC(=O)O)C(=O)N(C)Cc1csc(Br)c1. The molecule has 1 N–H and O–H groups in total. The van der Waals surface area contributed by atoms with Crippen LogP contribution in [0.3, 0.4) is 0 Å². The number of aliphatic carboxylic acids is 1. The summed E-state index contributed by atoms with van der Waals surface area (Å²) in [5.74, 6) is -1.04. The summed E-state index contributed by atoms with van der Waals surface area (Å²) >= 11 is 4.91. The molecule has 0 aliphatic heterocycles. The second kappa shape index (κ2) is 8.23. The minimum atomic E-state index is -1.04. The number of carbonyl (C=O) groups is 2. The lowest BCUT2D eigenvalue weighted by atomic mass is 10.3. The van der Waals surface area contributed by atoms with Crippen molar-refractivity contribution in [3.05, 3.63) is 20.8 Å². The first-order valence-corrected chi connectivity index (χ1v) is 7.55. The molecule has 20 heavy (non-hydrogen) atoms. The van der Waals surface area contributed by atoms with Gasteiger partial charge in [0, 0.05) is 27.2 Å². The van der Waals surface area contributed by atoms with Gasteiger partial charge in [0.1, 0.15) is 6.54 Å². The Kier molecular flexibility index (Phi) is 6.97. The summed E-state index contributed by atoms with van der Waals surface area (Å²) in [5.41, 5.74) is 1.000. The summed E-state index contributed by atoms with van der Waals surface area (Å²) in [4.78, 5) is 25.8. The van der Waals surface area contributed by atoms with Crippen LogP contribution >= 0.6 is 27.3 Å². The van der Waals surface area contributed by atoms with Crippen LogP contribution in [-0.4, -0.2) is 60.8 Å². The lowest BCUT2D eigenvalue weighted by molar-refractivity contribution is -0.137. The van der Waals surface area contributed by atoms with Crippen molar-refractivity contribution >= 4 is 39.3 Å². The Morgan fingerprint density at radius 2 is 2.20 bits per heavy atom. The van der Waals surface area contributed by atoms with Gasteiger partial charge < -0.3 is 19.6 Å². The molecule has 0 saturated carbocycles. The second-order valence-electron chi connectivity index (χ2n) is 4.21. The normalized spacial score (nSPS) is 10.3. The molecule has 0 aliphatic rings. The summed E-state index contributed by atoms with van der Waals surface area (Å²) in [5, 5.41) is 10.8. The number of hydrogen-bond donors (Lipinski definition) is 1. The lowest BCUT2D eigenvalue weighted by Crippen LogP contribution is -2.44. The molecule has 0 aliphatic carbocycles. The molecule has 2 amide bonds. The van der Waals surface area contributed by atoms with Crippen LogP contribution in [0.25, 0.3) is 0 Å². The molecular formula is C12H17BrN2O4S. The van der Waals surface area contributed by atoms with Gasteiger partial charge in [-0.25, -0.2) is 4.79 Å². The first-order chi connectivity index (χ1) is 9.43. The van der Waals surface area contributed by atoms with Crippen molar-refractivity contribution in [3.63, 3.8) is 0 Å². The third kappa shape index (κ3) is 5.48. The van der Waals surface area contributed by atoms with Gasteiger partial charge in [-0.3, -0.25) is 4.79 Å². The van der Waals surface area contributed by atoms with Gasteiger partial charge in [0.25, 0.3) is 0 Å². The Morgan fingerprint density at radius 1 is 1.50 bits per heavy atom. The maximum absolute atomic E-state index is 12.2. The van der Waals surface area contributed by atoms with E-state index in [2.05, 4.69) is 15.9 Å². The highest BCUT2D eigenvalue weighted by molar-refractivity contribution is 9.11. The molecule has 1 heterocycles. The van der Waals surface area contributed by atoms with Gasteiger partial charge >= 0.3 is 12.0 Å². The number of carboxylic acids is 1. The minimum Gasteiger partial charge on any atom is -0.480 e. The molecule has 0 saturated heterocycles. The van der Waals surface area contributed by atoms with Crippen molar-refractivity contribution in [2.45, 2.75) is 6.54 Å². The van der Waals surface area contributed by atoms with Crippen molar-refractivity contribution in [2.24, 2.45) is 0 Å². The maximum Gasteiger partial charge on any atom is 0.323 e. The number of thiophene rings is 1. The quantitative estimate of drug-likeness (QED) is 0.804. The van der Waals surface area contributed by atoms with Gasteiger partial charge in [-0.05, 0) is 32.9 Å². The molecule has 0 unspecified atom stereocenters. The Balaban J connectivity index is 2.64. The summed E-state index contributed by atoms with van der Waals surface area (Å²) in [6, 6.07) is 1.61. The highest BCUT2D eigenvalue weighted by atomic mass is 79.9. The van der Waals surface area contributed by atoms with Gasteiger partial charge in [0.15, 0.2) is 0 Å². The van der Waals surface area contributed by atoms with Crippen LogP contribution in [0.4, 0.5) is 4.79 Å². The third-order valence-electron chi connectivity index (χ3n) is 2.53. The van der Waals surface area contributed by atoms with Crippen LogP contribution < -0.4 is 0 Å². The summed E-state index contributed by atoms with van der Waals surface area (Å²) in [6.07, 6.45) is 0. The fourth-order valence-corrected chi connectivity index (χ4v) is 2.82. The number of methoxy groups -OCH3 is 1. The van der Waals surface area contributed by atoms with E-state index < -0.39 is 5.97 Å². The van der Waals surface area contributed by atoms with E-state index in [-0.39, 0.29) is 19.1 Å². The number of amides is 2. The number of carbonyl (C=O) groups excluding carboxylic acids is 1. The standard InChI is InChI=1S/C12H17BrN2O4S/c1-14(6-9-5-10(13)20-8-9)12(18)15(3-4-19-2)7-11(16)17/h5,8H,3-4,6-7H2,1-2H3,(H,16,17). The smallest absolute Gasteiger partial charge is 0.323 e. The topological polar surface area (TPSA) is 70.1 Å². The fraction of sp³-hybridized carbons (Fsp3) is 0.500. The van der Waals surface area contributed by atoms with E-state index in [4.69, 9.17) is 9.84 Å². The first kappa shape index (κ1) is 16.9. The molecule has 1 rings (SSSR count). The van der Waals surface area contributed by atoms with Crippen LogP contribution in [0.1, 0.15) is 5.56 Å². The predicted molar refractivity (Wildman–Crippen MR) is 80.0 cm³/mol. The van der Waals surface area contributed by atoms with E-state index in [0.717, 1.165) is 9.35 Å². The van der Waals surface area contributed by atoms with E-state index in [9.17, 15) is 9.59 Å². The molecule has 0 radical (unpaired) electrons. The number of urea groups is 1. The number of ether oxygens (including phenoxy) is 1. The summed E-state index contributed by atoms with van der Waals surface area (Å²) < 4.78 is 5.89. The maximum atomic E-state index is 12.2. The highest BCUT2D eigenvalue weighted by Crippen LogP contribution is 2.21. The molecule has 0 bridgehead atoms. The number of rotatable bonds is 7. The highest BCUT2D eigenvalue weighted by Gasteiger charge is 2.20. The lowest BCUT2D eigenvalue weighted by Gasteiger charge is -2.26. The van der Waals surface area contributed by atoms with Gasteiger partial charge in [-0.2, -0.15) is 0 Å². The van der Waals surface area contributed by atoms with Crippen LogP contribution in [0.2, 0.25) is 0 Å². The molecule has 0 aromatic carbocycles. The average Bonchev–Trinajstić information content (AvgIpc) is 2.78.